The number of amides is 1. The number of nitrogens with zero attached hydrogens (tertiary/aromatic N) is 1. The molecule has 10 heteroatoms. The fraction of sp³-hybridized carbons (Fsp3) is 0.355. The molecule has 41 heavy (non-hydrogen) atoms. The molecule has 0 spiro atoms. The Kier molecular flexibility index (Phi) is 10.1. The van der Waals surface area contributed by atoms with Crippen LogP contribution < -0.4 is 15.6 Å². The summed E-state index contributed by atoms with van der Waals surface area (Å²) in [5.74, 6) is 0.337. The van der Waals surface area contributed by atoms with Gasteiger partial charge in [-0.1, -0.05) is 62.4 Å². The van der Waals surface area contributed by atoms with Gasteiger partial charge >= 0.3 is 0 Å². The Bertz CT molecular complexity index is 1410. The Hall–Kier alpha value is -3.73. The summed E-state index contributed by atoms with van der Waals surface area (Å²) in [6, 6.07) is 24.5. The molecule has 0 bridgehead atoms. The van der Waals surface area contributed by atoms with Gasteiger partial charge in [-0.2, -0.15) is 0 Å². The van der Waals surface area contributed by atoms with Crippen LogP contribution in [0, 0.1) is 5.92 Å². The molecular formula is C31H37N3O6S. The summed E-state index contributed by atoms with van der Waals surface area (Å²) >= 11 is 0. The van der Waals surface area contributed by atoms with Gasteiger partial charge in [0.25, 0.3) is 5.91 Å². The number of ether oxygens (including phenoxy) is 2. The van der Waals surface area contributed by atoms with E-state index in [-0.39, 0.29) is 35.5 Å². The second-order valence-corrected chi connectivity index (χ2v) is 12.4. The molecule has 3 N–H and O–H groups in total. The second-order valence-electron chi connectivity index (χ2n) is 10.3. The number of carbonyl (C=O) groups is 1. The largest absolute Gasteiger partial charge is 0.494 e. The number of hydrogen-bond acceptors (Lipinski definition) is 8. The van der Waals surface area contributed by atoms with Crippen LogP contribution in [-0.4, -0.2) is 56.4 Å². The van der Waals surface area contributed by atoms with Crippen LogP contribution in [0.5, 0.6) is 5.75 Å². The smallest absolute Gasteiger partial charge is 0.266 e. The lowest BCUT2D eigenvalue weighted by molar-refractivity contribution is -0.130. The monoisotopic (exact) mass is 579 g/mol. The lowest BCUT2D eigenvalue weighted by Crippen LogP contribution is -2.54. The fourth-order valence-electron chi connectivity index (χ4n) is 4.48. The number of aliphatic hydroxyl groups is 1. The van der Waals surface area contributed by atoms with Crippen LogP contribution in [0.3, 0.4) is 0 Å². The first-order valence-corrected chi connectivity index (χ1v) is 15.4. The summed E-state index contributed by atoms with van der Waals surface area (Å²) in [6.07, 6.45) is -0.457. The lowest BCUT2D eigenvalue weighted by atomic mass is 9.85. The van der Waals surface area contributed by atoms with Crippen molar-refractivity contribution in [3.63, 3.8) is 0 Å². The summed E-state index contributed by atoms with van der Waals surface area (Å²) in [7, 11) is -3.72. The molecule has 0 aliphatic carbocycles. The van der Waals surface area contributed by atoms with Gasteiger partial charge in [0.2, 0.25) is 5.90 Å². The summed E-state index contributed by atoms with van der Waals surface area (Å²) in [4.78, 5) is 19.0. The number of hydrazine groups is 1. The van der Waals surface area contributed by atoms with Crippen LogP contribution in [-0.2, 0) is 19.4 Å². The average molecular weight is 580 g/mol. The highest BCUT2D eigenvalue weighted by atomic mass is 32.2. The van der Waals surface area contributed by atoms with Gasteiger partial charge in [-0.3, -0.25) is 10.2 Å². The molecular weight excluding hydrogens is 542 g/mol. The molecule has 0 saturated carbocycles. The predicted octanol–water partition coefficient (Wildman–Crippen LogP) is 3.85. The third kappa shape index (κ3) is 7.52. The van der Waals surface area contributed by atoms with Gasteiger partial charge in [0.05, 0.1) is 17.3 Å². The zero-order valence-corrected chi connectivity index (χ0v) is 24.1. The molecule has 3 aromatic carbocycles. The summed E-state index contributed by atoms with van der Waals surface area (Å²) in [5, 5.41) is 9.00. The van der Waals surface area contributed by atoms with E-state index in [2.05, 4.69) is 10.9 Å². The van der Waals surface area contributed by atoms with Gasteiger partial charge in [-0.05, 0) is 47.9 Å². The van der Waals surface area contributed by atoms with Crippen molar-refractivity contribution in [2.75, 3.05) is 25.5 Å². The number of aliphatic imine (C=N–C) groups is 1. The third-order valence-electron chi connectivity index (χ3n) is 6.70. The van der Waals surface area contributed by atoms with E-state index in [1.807, 2.05) is 44.2 Å². The molecule has 9 nitrogen and oxygen atoms in total. The Balaban J connectivity index is 1.72. The van der Waals surface area contributed by atoms with Crippen molar-refractivity contribution in [1.29, 1.82) is 0 Å². The highest BCUT2D eigenvalue weighted by Gasteiger charge is 2.53. The normalized spacial score (nSPS) is 18.5. The summed E-state index contributed by atoms with van der Waals surface area (Å²) in [6.45, 7) is 4.97. The Morgan fingerprint density at radius 1 is 1.02 bits per heavy atom. The molecule has 0 saturated heterocycles. The van der Waals surface area contributed by atoms with Crippen molar-refractivity contribution in [2.45, 2.75) is 43.2 Å². The van der Waals surface area contributed by atoms with Crippen molar-refractivity contribution >= 4 is 21.6 Å². The van der Waals surface area contributed by atoms with Crippen molar-refractivity contribution in [2.24, 2.45) is 10.9 Å². The van der Waals surface area contributed by atoms with E-state index in [4.69, 9.17) is 19.6 Å². The standard InChI is InChI=1S/C31H37N3O6S/c1-23(2)22-32-34-30(36)31(18-21-41(37,38)27-12-7-4-8-13-27)28(24-10-5-3-6-11-24)40-29(33-31)25-14-16-26(17-15-25)39-20-9-19-35/h3-8,10-17,23,28,32,35H,9,18-22H2,1-2H3,(H,34,36)/t28-,31-/m0/s1. The van der Waals surface area contributed by atoms with Crippen molar-refractivity contribution < 1.29 is 27.8 Å². The number of rotatable bonds is 14. The highest BCUT2D eigenvalue weighted by molar-refractivity contribution is 7.91. The van der Waals surface area contributed by atoms with E-state index in [0.29, 0.717) is 36.4 Å². The van der Waals surface area contributed by atoms with E-state index in [1.54, 1.807) is 54.6 Å². The lowest BCUT2D eigenvalue weighted by Gasteiger charge is -2.30. The zero-order chi connectivity index (χ0) is 29.3. The van der Waals surface area contributed by atoms with Gasteiger partial charge in [0.1, 0.15) is 5.75 Å². The minimum atomic E-state index is -3.72. The second kappa shape index (κ2) is 13.8. The van der Waals surface area contributed by atoms with Crippen LogP contribution in [0.1, 0.15) is 43.9 Å². The van der Waals surface area contributed by atoms with E-state index < -0.39 is 27.4 Å². The maximum absolute atomic E-state index is 14.0. The number of benzene rings is 3. The Labute approximate surface area is 241 Å². The van der Waals surface area contributed by atoms with Crippen molar-refractivity contribution in [3.05, 3.63) is 96.1 Å². The molecule has 1 heterocycles. The third-order valence-corrected chi connectivity index (χ3v) is 8.43. The zero-order valence-electron chi connectivity index (χ0n) is 23.3. The molecule has 3 aromatic rings. The number of aliphatic hydroxyl groups excluding tert-OH is 1. The number of nitrogens with one attached hydrogen (secondary N) is 2. The van der Waals surface area contributed by atoms with Crippen molar-refractivity contribution in [3.8, 4) is 5.75 Å². The highest BCUT2D eigenvalue weighted by Crippen LogP contribution is 2.43. The van der Waals surface area contributed by atoms with Gasteiger partial charge in [0, 0.05) is 31.6 Å². The van der Waals surface area contributed by atoms with E-state index >= 15 is 0 Å². The van der Waals surface area contributed by atoms with Crippen molar-refractivity contribution in [1.82, 2.24) is 10.9 Å². The molecule has 1 aliphatic rings. The van der Waals surface area contributed by atoms with E-state index in [0.717, 1.165) is 0 Å². The van der Waals surface area contributed by atoms with Crippen LogP contribution >= 0.6 is 0 Å². The summed E-state index contributed by atoms with van der Waals surface area (Å²) < 4.78 is 38.7. The topological polar surface area (TPSA) is 126 Å². The first-order valence-electron chi connectivity index (χ1n) is 13.7. The fourth-order valence-corrected chi connectivity index (χ4v) is 5.86. The first-order chi connectivity index (χ1) is 19.7. The first kappa shape index (κ1) is 30.2. The van der Waals surface area contributed by atoms with Crippen LogP contribution in [0.2, 0.25) is 0 Å². The Morgan fingerprint density at radius 3 is 2.32 bits per heavy atom. The predicted molar refractivity (Wildman–Crippen MR) is 157 cm³/mol. The van der Waals surface area contributed by atoms with Crippen LogP contribution in [0.25, 0.3) is 0 Å². The van der Waals surface area contributed by atoms with Gasteiger partial charge in [0.15, 0.2) is 21.5 Å². The van der Waals surface area contributed by atoms with E-state index in [1.165, 1.54) is 0 Å². The molecule has 1 amide bonds. The quantitative estimate of drug-likeness (QED) is 0.196. The van der Waals surface area contributed by atoms with Gasteiger partial charge in [-0.25, -0.2) is 18.8 Å². The molecule has 4 rings (SSSR count). The number of sulfone groups is 1. The van der Waals surface area contributed by atoms with Gasteiger partial charge < -0.3 is 14.6 Å². The molecule has 0 radical (unpaired) electrons. The molecule has 0 fully saturated rings. The molecule has 218 valence electrons. The molecule has 1 aliphatic heterocycles. The number of carbonyl (C=O) groups excluding carboxylic acids is 1. The van der Waals surface area contributed by atoms with Crippen LogP contribution in [0.4, 0.5) is 0 Å². The van der Waals surface area contributed by atoms with E-state index in [9.17, 15) is 13.2 Å². The van der Waals surface area contributed by atoms with Crippen LogP contribution in [0.15, 0.2) is 94.8 Å². The minimum Gasteiger partial charge on any atom is -0.494 e. The summed E-state index contributed by atoms with van der Waals surface area (Å²) in [5.41, 5.74) is 5.49. The maximum atomic E-state index is 14.0. The molecule has 2 atom stereocenters. The maximum Gasteiger partial charge on any atom is 0.266 e. The number of hydrogen-bond donors (Lipinski definition) is 3. The molecule has 0 unspecified atom stereocenters. The molecule has 0 aromatic heterocycles. The average Bonchev–Trinajstić information content (AvgIpc) is 3.38. The van der Waals surface area contributed by atoms with Gasteiger partial charge in [-0.15, -0.1) is 0 Å². The SMILES string of the molecule is CC(C)CNNC(=O)[C@@]1(CCS(=O)(=O)c2ccccc2)N=C(c2ccc(OCCCO)cc2)O[C@H]1c1ccccc1. The minimum absolute atomic E-state index is 0.0414. The Morgan fingerprint density at radius 2 is 1.68 bits per heavy atom.